The number of esters is 1. The molecule has 9 heteroatoms. The maximum atomic E-state index is 12.9. The molecule has 1 aromatic heterocycles. The van der Waals surface area contributed by atoms with Crippen LogP contribution >= 0.6 is 0 Å². The smallest absolute Gasteiger partial charge is 0.324 e. The van der Waals surface area contributed by atoms with Gasteiger partial charge in [0.2, 0.25) is 5.88 Å². The zero-order chi connectivity index (χ0) is 20.0. The molecule has 0 aliphatic carbocycles. The fourth-order valence-electron chi connectivity index (χ4n) is 3.03. The number of benzene rings is 1. The lowest BCUT2D eigenvalue weighted by Gasteiger charge is -2.32. The molecule has 1 aliphatic heterocycles. The van der Waals surface area contributed by atoms with Crippen molar-refractivity contribution in [2.45, 2.75) is 31.9 Å². The Morgan fingerprint density at radius 2 is 1.96 bits per heavy atom. The standard InChI is InChI=1S/C19H23N3O5S/c1-26-18-12-7-11-17(20-18)21-28(24,25)22-13-6-5-10-16(22)19(23)27-14-15-8-3-2-4-9-15/h2-4,7-9,11-12,16H,5-6,10,13-14H2,1H3,(H,20,21)/t16-/m0/s1. The SMILES string of the molecule is COc1cccc(NS(=O)(=O)N2CCCC[C@H]2C(=O)OCc2ccccc2)n1. The highest BCUT2D eigenvalue weighted by atomic mass is 32.2. The number of anilines is 1. The Balaban J connectivity index is 1.71. The van der Waals surface area contributed by atoms with Gasteiger partial charge in [0.25, 0.3) is 0 Å². The zero-order valence-corrected chi connectivity index (χ0v) is 16.4. The van der Waals surface area contributed by atoms with Crippen molar-refractivity contribution in [3.05, 3.63) is 54.1 Å². The summed E-state index contributed by atoms with van der Waals surface area (Å²) in [4.78, 5) is 16.7. The van der Waals surface area contributed by atoms with Crippen LogP contribution in [0.3, 0.4) is 0 Å². The highest BCUT2D eigenvalue weighted by molar-refractivity contribution is 7.90. The third-order valence-electron chi connectivity index (χ3n) is 4.42. The molecule has 1 atom stereocenters. The molecule has 8 nitrogen and oxygen atoms in total. The second-order valence-electron chi connectivity index (χ2n) is 6.39. The summed E-state index contributed by atoms with van der Waals surface area (Å²) < 4.78 is 39.7. The van der Waals surface area contributed by atoms with Crippen LogP contribution in [-0.2, 0) is 26.3 Å². The van der Waals surface area contributed by atoms with Gasteiger partial charge in [0, 0.05) is 12.6 Å². The molecular formula is C19H23N3O5S. The van der Waals surface area contributed by atoms with Crippen LogP contribution in [0.2, 0.25) is 0 Å². The maximum absolute atomic E-state index is 12.9. The predicted molar refractivity (Wildman–Crippen MR) is 104 cm³/mol. The quantitative estimate of drug-likeness (QED) is 0.710. The lowest BCUT2D eigenvalue weighted by molar-refractivity contribution is -0.150. The second-order valence-corrected chi connectivity index (χ2v) is 8.01. The Morgan fingerprint density at radius 3 is 2.71 bits per heavy atom. The minimum absolute atomic E-state index is 0.106. The fourth-order valence-corrected chi connectivity index (χ4v) is 4.42. The molecule has 1 fully saturated rings. The predicted octanol–water partition coefficient (Wildman–Crippen LogP) is 2.34. The average Bonchev–Trinajstić information content (AvgIpc) is 2.72. The van der Waals surface area contributed by atoms with E-state index in [4.69, 9.17) is 9.47 Å². The molecule has 28 heavy (non-hydrogen) atoms. The fraction of sp³-hybridized carbons (Fsp3) is 0.368. The van der Waals surface area contributed by atoms with Crippen LogP contribution in [0.25, 0.3) is 0 Å². The molecule has 0 saturated carbocycles. The van der Waals surface area contributed by atoms with Gasteiger partial charge in [-0.15, -0.1) is 0 Å². The molecule has 1 aromatic carbocycles. The first-order chi connectivity index (χ1) is 13.5. The molecule has 0 radical (unpaired) electrons. The van der Waals surface area contributed by atoms with Gasteiger partial charge in [-0.05, 0) is 30.9 Å². The Hall–Kier alpha value is -2.65. The topological polar surface area (TPSA) is 97.8 Å². The summed E-state index contributed by atoms with van der Waals surface area (Å²) in [6.45, 7) is 0.347. The number of hydrogen-bond acceptors (Lipinski definition) is 6. The number of carbonyl (C=O) groups excluding carboxylic acids is 1. The van der Waals surface area contributed by atoms with Gasteiger partial charge in [0.05, 0.1) is 7.11 Å². The van der Waals surface area contributed by atoms with Crippen LogP contribution in [0, 0.1) is 0 Å². The molecule has 0 bridgehead atoms. The molecule has 1 aliphatic rings. The van der Waals surface area contributed by atoms with Crippen molar-refractivity contribution in [2.24, 2.45) is 0 Å². The van der Waals surface area contributed by atoms with E-state index in [0.29, 0.717) is 12.8 Å². The van der Waals surface area contributed by atoms with Gasteiger partial charge in [0.1, 0.15) is 18.5 Å². The van der Waals surface area contributed by atoms with Crippen LogP contribution in [0.15, 0.2) is 48.5 Å². The Bertz CT molecular complexity index is 905. The van der Waals surface area contributed by atoms with Crippen LogP contribution in [0.1, 0.15) is 24.8 Å². The minimum atomic E-state index is -3.97. The molecule has 0 amide bonds. The van der Waals surface area contributed by atoms with E-state index in [1.165, 1.54) is 13.2 Å². The summed E-state index contributed by atoms with van der Waals surface area (Å²) in [6, 6.07) is 13.2. The van der Waals surface area contributed by atoms with E-state index >= 15 is 0 Å². The zero-order valence-electron chi connectivity index (χ0n) is 15.6. The number of piperidine rings is 1. The number of methoxy groups -OCH3 is 1. The molecule has 2 heterocycles. The molecule has 2 aromatic rings. The lowest BCUT2D eigenvalue weighted by Crippen LogP contribution is -2.50. The van der Waals surface area contributed by atoms with Crippen LogP contribution in [0.5, 0.6) is 5.88 Å². The van der Waals surface area contributed by atoms with Gasteiger partial charge in [-0.25, -0.2) is 0 Å². The van der Waals surface area contributed by atoms with Crippen molar-refractivity contribution < 1.29 is 22.7 Å². The van der Waals surface area contributed by atoms with E-state index < -0.39 is 22.2 Å². The highest BCUT2D eigenvalue weighted by Crippen LogP contribution is 2.23. The van der Waals surface area contributed by atoms with E-state index in [9.17, 15) is 13.2 Å². The first-order valence-electron chi connectivity index (χ1n) is 9.01. The number of ether oxygens (including phenoxy) is 2. The third-order valence-corrected chi connectivity index (χ3v) is 5.95. The molecule has 1 N–H and O–H groups in total. The van der Waals surface area contributed by atoms with Crippen molar-refractivity contribution >= 4 is 22.0 Å². The average molecular weight is 405 g/mol. The summed E-state index contributed by atoms with van der Waals surface area (Å²) in [5.74, 6) is -0.133. The number of aromatic nitrogens is 1. The molecule has 3 rings (SSSR count). The van der Waals surface area contributed by atoms with Gasteiger partial charge in [-0.2, -0.15) is 17.7 Å². The minimum Gasteiger partial charge on any atom is -0.481 e. The highest BCUT2D eigenvalue weighted by Gasteiger charge is 2.38. The van der Waals surface area contributed by atoms with Crippen molar-refractivity contribution in [1.29, 1.82) is 0 Å². The summed E-state index contributed by atoms with van der Waals surface area (Å²) in [5, 5.41) is 0. The molecular weight excluding hydrogens is 382 g/mol. The summed E-state index contributed by atoms with van der Waals surface area (Å²) in [5.41, 5.74) is 0.847. The first kappa shape index (κ1) is 20.1. The molecule has 150 valence electrons. The number of nitrogens with one attached hydrogen (secondary N) is 1. The van der Waals surface area contributed by atoms with E-state index in [1.807, 2.05) is 30.3 Å². The van der Waals surface area contributed by atoms with Gasteiger partial charge < -0.3 is 9.47 Å². The van der Waals surface area contributed by atoms with Crippen LogP contribution < -0.4 is 9.46 Å². The van der Waals surface area contributed by atoms with E-state index in [0.717, 1.165) is 16.3 Å². The Labute approximate surface area is 164 Å². The summed E-state index contributed by atoms with van der Waals surface area (Å²) in [6.07, 6.45) is 1.85. The second kappa shape index (κ2) is 9.03. The van der Waals surface area contributed by atoms with Crippen molar-refractivity contribution in [1.82, 2.24) is 9.29 Å². The molecule has 1 saturated heterocycles. The monoisotopic (exact) mass is 405 g/mol. The molecule has 0 spiro atoms. The van der Waals surface area contributed by atoms with Crippen LogP contribution in [-0.4, -0.2) is 43.4 Å². The number of carbonyl (C=O) groups is 1. The largest absolute Gasteiger partial charge is 0.481 e. The third kappa shape index (κ3) is 4.99. The van der Waals surface area contributed by atoms with Crippen molar-refractivity contribution in [3.63, 3.8) is 0 Å². The Morgan fingerprint density at radius 1 is 1.18 bits per heavy atom. The van der Waals surface area contributed by atoms with Gasteiger partial charge in [-0.3, -0.25) is 9.52 Å². The van der Waals surface area contributed by atoms with Crippen molar-refractivity contribution in [3.8, 4) is 5.88 Å². The van der Waals surface area contributed by atoms with Gasteiger partial charge in [0.15, 0.2) is 0 Å². The van der Waals surface area contributed by atoms with Crippen molar-refractivity contribution in [2.75, 3.05) is 18.4 Å². The normalized spacial score (nSPS) is 17.7. The van der Waals surface area contributed by atoms with E-state index in [-0.39, 0.29) is 24.8 Å². The number of rotatable bonds is 7. The lowest BCUT2D eigenvalue weighted by atomic mass is 10.1. The van der Waals surface area contributed by atoms with Gasteiger partial charge >= 0.3 is 16.2 Å². The van der Waals surface area contributed by atoms with Crippen LogP contribution in [0.4, 0.5) is 5.82 Å². The van der Waals surface area contributed by atoms with Gasteiger partial charge in [-0.1, -0.05) is 36.4 Å². The number of pyridine rings is 1. The number of hydrogen-bond donors (Lipinski definition) is 1. The Kier molecular flexibility index (Phi) is 6.48. The molecule has 0 unspecified atom stereocenters. The maximum Gasteiger partial charge on any atom is 0.324 e. The summed E-state index contributed by atoms with van der Waals surface area (Å²) >= 11 is 0. The first-order valence-corrected chi connectivity index (χ1v) is 10.4. The summed E-state index contributed by atoms with van der Waals surface area (Å²) in [7, 11) is -2.53. The van der Waals surface area contributed by atoms with E-state index in [2.05, 4.69) is 9.71 Å². The van der Waals surface area contributed by atoms with E-state index in [1.54, 1.807) is 12.1 Å². The number of nitrogens with zero attached hydrogens (tertiary/aromatic N) is 2.